The first kappa shape index (κ1) is 16.4. The largest absolute Gasteiger partial charge is 0.480 e. The maximum Gasteiger partial charge on any atom is 0.326 e. The molecule has 1 aromatic rings. The van der Waals surface area contributed by atoms with Crippen LogP contribution in [0.15, 0.2) is 24.3 Å². The third kappa shape index (κ3) is 4.24. The van der Waals surface area contributed by atoms with E-state index < -0.39 is 36.9 Å². The number of ether oxygens (including phenoxy) is 1. The molecule has 0 bridgehead atoms. The Morgan fingerprint density at radius 3 is 2.77 bits per heavy atom. The summed E-state index contributed by atoms with van der Waals surface area (Å²) >= 11 is 0. The minimum atomic E-state index is -2.80. The highest BCUT2D eigenvalue weighted by atomic mass is 19.3. The van der Waals surface area contributed by atoms with Gasteiger partial charge in [-0.15, -0.1) is 0 Å². The Labute approximate surface area is 126 Å². The lowest BCUT2D eigenvalue weighted by atomic mass is 9.95. The maximum absolute atomic E-state index is 12.3. The molecule has 0 spiro atoms. The van der Waals surface area contributed by atoms with Crippen molar-refractivity contribution >= 4 is 11.9 Å². The van der Waals surface area contributed by atoms with E-state index in [1.807, 2.05) is 24.3 Å². The van der Waals surface area contributed by atoms with Gasteiger partial charge in [-0.05, 0) is 17.5 Å². The highest BCUT2D eigenvalue weighted by Gasteiger charge is 2.27. The predicted octanol–water partition coefficient (Wildman–Crippen LogP) is 1.92. The zero-order chi connectivity index (χ0) is 16.1. The number of aliphatic carboxylic acids is 1. The van der Waals surface area contributed by atoms with Crippen LogP contribution in [0.1, 0.15) is 30.1 Å². The van der Waals surface area contributed by atoms with Crippen LogP contribution in [-0.4, -0.2) is 36.1 Å². The van der Waals surface area contributed by atoms with Crippen molar-refractivity contribution in [1.82, 2.24) is 5.32 Å². The van der Waals surface area contributed by atoms with Crippen LogP contribution in [0.3, 0.4) is 0 Å². The van der Waals surface area contributed by atoms with Crippen molar-refractivity contribution in [3.63, 3.8) is 0 Å². The third-order valence-corrected chi connectivity index (χ3v) is 3.51. The number of carboxylic acids is 1. The van der Waals surface area contributed by atoms with Gasteiger partial charge in [0.2, 0.25) is 12.3 Å². The van der Waals surface area contributed by atoms with Crippen LogP contribution in [0.5, 0.6) is 0 Å². The lowest BCUT2D eigenvalue weighted by Crippen LogP contribution is -2.42. The maximum atomic E-state index is 12.3. The minimum absolute atomic E-state index is 0.0932. The second-order valence-corrected chi connectivity index (χ2v) is 5.10. The summed E-state index contributed by atoms with van der Waals surface area (Å²) in [5, 5.41) is 11.0. The summed E-state index contributed by atoms with van der Waals surface area (Å²) in [6, 6.07) is 5.92. The molecule has 7 heteroatoms. The SMILES string of the molecule is O=C(CC1OCCc2ccccc21)NC(CC(F)F)C(=O)O. The minimum Gasteiger partial charge on any atom is -0.480 e. The lowest BCUT2D eigenvalue weighted by molar-refractivity contribution is -0.143. The van der Waals surface area contributed by atoms with E-state index in [4.69, 9.17) is 9.84 Å². The Hall–Kier alpha value is -2.02. The van der Waals surface area contributed by atoms with Crippen molar-refractivity contribution < 1.29 is 28.2 Å². The van der Waals surface area contributed by atoms with Crippen LogP contribution in [0.25, 0.3) is 0 Å². The lowest BCUT2D eigenvalue weighted by Gasteiger charge is -2.26. The molecule has 1 aliphatic rings. The number of alkyl halides is 2. The quantitative estimate of drug-likeness (QED) is 0.841. The van der Waals surface area contributed by atoms with Gasteiger partial charge < -0.3 is 15.2 Å². The summed E-state index contributed by atoms with van der Waals surface area (Å²) in [4.78, 5) is 22.8. The molecular formula is C15H17F2NO4. The van der Waals surface area contributed by atoms with E-state index in [9.17, 15) is 18.4 Å². The fraction of sp³-hybridized carbons (Fsp3) is 0.467. The van der Waals surface area contributed by atoms with Gasteiger partial charge in [-0.1, -0.05) is 24.3 Å². The van der Waals surface area contributed by atoms with Crippen molar-refractivity contribution in [2.45, 2.75) is 37.8 Å². The number of fused-ring (bicyclic) bond motifs is 1. The summed E-state index contributed by atoms with van der Waals surface area (Å²) in [6.45, 7) is 0.467. The number of rotatable bonds is 6. The second kappa shape index (κ2) is 7.31. The smallest absolute Gasteiger partial charge is 0.326 e. The number of hydrogen-bond donors (Lipinski definition) is 2. The Bertz CT molecular complexity index is 550. The summed E-state index contributed by atoms with van der Waals surface area (Å²) in [5.74, 6) is -2.09. The van der Waals surface area contributed by atoms with Gasteiger partial charge >= 0.3 is 5.97 Å². The van der Waals surface area contributed by atoms with E-state index in [1.54, 1.807) is 0 Å². The molecule has 0 saturated carbocycles. The number of benzene rings is 1. The molecule has 1 heterocycles. The van der Waals surface area contributed by atoms with Crippen molar-refractivity contribution in [3.8, 4) is 0 Å². The molecule has 2 atom stereocenters. The first-order valence-electron chi connectivity index (χ1n) is 6.97. The molecule has 0 saturated heterocycles. The number of carboxylic acid groups (broad SMARTS) is 1. The molecule has 1 amide bonds. The van der Waals surface area contributed by atoms with Crippen molar-refractivity contribution in [3.05, 3.63) is 35.4 Å². The first-order valence-corrected chi connectivity index (χ1v) is 6.97. The summed E-state index contributed by atoms with van der Waals surface area (Å²) < 4.78 is 30.2. The van der Waals surface area contributed by atoms with Crippen molar-refractivity contribution in [2.24, 2.45) is 0 Å². The Kier molecular flexibility index (Phi) is 5.43. The number of nitrogens with one attached hydrogen (secondary N) is 1. The number of amides is 1. The first-order chi connectivity index (χ1) is 10.5. The fourth-order valence-electron chi connectivity index (χ4n) is 2.47. The standard InChI is InChI=1S/C15H17F2NO4/c16-13(17)7-11(15(20)21)18-14(19)8-12-10-4-2-1-3-9(10)5-6-22-12/h1-4,11-13H,5-8H2,(H,18,19)(H,20,21). The van der Waals surface area contributed by atoms with Crippen LogP contribution in [0.2, 0.25) is 0 Å². The number of halogens is 2. The fourth-order valence-corrected chi connectivity index (χ4v) is 2.47. The average molecular weight is 313 g/mol. The van der Waals surface area contributed by atoms with Gasteiger partial charge in [-0.3, -0.25) is 4.79 Å². The Balaban J connectivity index is 1.99. The Morgan fingerprint density at radius 2 is 2.09 bits per heavy atom. The molecule has 0 aromatic heterocycles. The highest BCUT2D eigenvalue weighted by Crippen LogP contribution is 2.29. The van der Waals surface area contributed by atoms with E-state index in [0.29, 0.717) is 6.61 Å². The van der Waals surface area contributed by atoms with Crippen LogP contribution >= 0.6 is 0 Å². The summed E-state index contributed by atoms with van der Waals surface area (Å²) in [7, 11) is 0. The molecule has 2 unspecified atom stereocenters. The Morgan fingerprint density at radius 1 is 1.36 bits per heavy atom. The molecule has 0 aliphatic carbocycles. The molecule has 22 heavy (non-hydrogen) atoms. The van der Waals surface area contributed by atoms with Crippen LogP contribution in [0.4, 0.5) is 8.78 Å². The van der Waals surface area contributed by atoms with Crippen LogP contribution < -0.4 is 5.32 Å². The van der Waals surface area contributed by atoms with Crippen LogP contribution in [0, 0.1) is 0 Å². The van der Waals surface area contributed by atoms with E-state index in [-0.39, 0.29) is 6.42 Å². The highest BCUT2D eigenvalue weighted by molar-refractivity contribution is 5.83. The average Bonchev–Trinajstić information content (AvgIpc) is 2.46. The van der Waals surface area contributed by atoms with E-state index in [1.165, 1.54) is 0 Å². The van der Waals surface area contributed by atoms with E-state index >= 15 is 0 Å². The van der Waals surface area contributed by atoms with Gasteiger partial charge in [-0.25, -0.2) is 13.6 Å². The molecule has 120 valence electrons. The molecular weight excluding hydrogens is 296 g/mol. The number of carbonyl (C=O) groups is 2. The molecule has 2 N–H and O–H groups in total. The van der Waals surface area contributed by atoms with Gasteiger partial charge in [0.1, 0.15) is 6.04 Å². The monoisotopic (exact) mass is 313 g/mol. The normalized spacial score (nSPS) is 18.6. The molecule has 1 aliphatic heterocycles. The molecule has 1 aromatic carbocycles. The van der Waals surface area contributed by atoms with E-state index in [2.05, 4.69) is 5.32 Å². The van der Waals surface area contributed by atoms with Crippen molar-refractivity contribution in [1.29, 1.82) is 0 Å². The molecule has 2 rings (SSSR count). The third-order valence-electron chi connectivity index (χ3n) is 3.51. The van der Waals surface area contributed by atoms with Gasteiger partial charge in [0.25, 0.3) is 0 Å². The molecule has 0 fully saturated rings. The summed E-state index contributed by atoms with van der Waals surface area (Å²) in [5.41, 5.74) is 1.96. The van der Waals surface area contributed by atoms with Gasteiger partial charge in [0.15, 0.2) is 0 Å². The molecule has 5 nitrogen and oxygen atoms in total. The van der Waals surface area contributed by atoms with E-state index in [0.717, 1.165) is 17.5 Å². The van der Waals surface area contributed by atoms with Gasteiger partial charge in [0.05, 0.1) is 19.1 Å². The summed E-state index contributed by atoms with van der Waals surface area (Å²) in [6.07, 6.45) is -3.54. The van der Waals surface area contributed by atoms with Crippen LogP contribution in [-0.2, 0) is 20.7 Å². The van der Waals surface area contributed by atoms with Gasteiger partial charge in [-0.2, -0.15) is 0 Å². The zero-order valence-corrected chi connectivity index (χ0v) is 11.8. The zero-order valence-electron chi connectivity index (χ0n) is 11.8. The number of carbonyl (C=O) groups excluding carboxylic acids is 1. The predicted molar refractivity (Wildman–Crippen MR) is 73.6 cm³/mol. The molecule has 0 radical (unpaired) electrons. The van der Waals surface area contributed by atoms with Crippen molar-refractivity contribution in [2.75, 3.05) is 6.61 Å². The second-order valence-electron chi connectivity index (χ2n) is 5.10. The topological polar surface area (TPSA) is 75.6 Å². The van der Waals surface area contributed by atoms with Gasteiger partial charge in [0, 0.05) is 6.42 Å². The number of hydrogen-bond acceptors (Lipinski definition) is 3.